The van der Waals surface area contributed by atoms with Crippen LogP contribution < -0.4 is 10.1 Å². The second kappa shape index (κ2) is 12.2. The largest absolute Gasteiger partial charge is 0.497 e. The topological polar surface area (TPSA) is 75.6 Å². The molecule has 1 atom stereocenters. The summed E-state index contributed by atoms with van der Waals surface area (Å²) in [4.78, 5) is 21.4. The Balaban J connectivity index is 0.00000306. The average Bonchev–Trinajstić information content (AvgIpc) is 3.40. The molecule has 3 aliphatic rings. The molecule has 3 heterocycles. The summed E-state index contributed by atoms with van der Waals surface area (Å²) in [6, 6.07) is 8.41. The maximum atomic E-state index is 12.6. The summed E-state index contributed by atoms with van der Waals surface area (Å²) in [6.45, 7) is 5.98. The summed E-state index contributed by atoms with van der Waals surface area (Å²) in [5, 5.41) is 3.64. The molecule has 0 spiro atoms. The van der Waals surface area contributed by atoms with Crippen molar-refractivity contribution in [2.45, 2.75) is 37.2 Å². The lowest BCUT2D eigenvalue weighted by Gasteiger charge is -2.41. The highest BCUT2D eigenvalue weighted by atomic mass is 127. The molecule has 0 aromatic heterocycles. The number of carbonyl (C=O) groups is 1. The molecule has 33 heavy (non-hydrogen) atoms. The first-order valence-corrected chi connectivity index (χ1v) is 11.7. The minimum absolute atomic E-state index is 0. The van der Waals surface area contributed by atoms with Crippen molar-refractivity contribution in [3.05, 3.63) is 29.8 Å². The van der Waals surface area contributed by atoms with Crippen LogP contribution >= 0.6 is 24.0 Å². The van der Waals surface area contributed by atoms with Gasteiger partial charge < -0.3 is 29.3 Å². The number of benzene rings is 1. The zero-order valence-corrected chi connectivity index (χ0v) is 22.1. The number of guanidine groups is 1. The van der Waals surface area contributed by atoms with Gasteiger partial charge in [-0.25, -0.2) is 0 Å². The quantitative estimate of drug-likeness (QED) is 0.332. The van der Waals surface area contributed by atoms with E-state index in [2.05, 4.69) is 27.3 Å². The summed E-state index contributed by atoms with van der Waals surface area (Å²) < 4.78 is 16.6. The second-order valence-corrected chi connectivity index (χ2v) is 8.84. The van der Waals surface area contributed by atoms with E-state index in [-0.39, 0.29) is 41.4 Å². The maximum absolute atomic E-state index is 12.6. The van der Waals surface area contributed by atoms with Gasteiger partial charge in [-0.05, 0) is 43.4 Å². The van der Waals surface area contributed by atoms with Gasteiger partial charge in [-0.15, -0.1) is 24.0 Å². The molecule has 0 aliphatic carbocycles. The number of ether oxygens (including phenoxy) is 3. The Morgan fingerprint density at radius 2 is 1.79 bits per heavy atom. The van der Waals surface area contributed by atoms with Crippen LogP contribution in [0.4, 0.5) is 0 Å². The van der Waals surface area contributed by atoms with Crippen LogP contribution in [0.1, 0.15) is 31.2 Å². The number of methoxy groups -OCH3 is 1. The lowest BCUT2D eigenvalue weighted by atomic mass is 9.74. The molecule has 184 valence electrons. The Morgan fingerprint density at radius 1 is 1.12 bits per heavy atom. The summed E-state index contributed by atoms with van der Waals surface area (Å²) in [7, 11) is 3.52. The summed E-state index contributed by atoms with van der Waals surface area (Å²) in [5.41, 5.74) is 1.30. The Kier molecular flexibility index (Phi) is 9.63. The van der Waals surface area contributed by atoms with Crippen LogP contribution in [0.15, 0.2) is 29.3 Å². The molecule has 0 saturated carbocycles. The van der Waals surface area contributed by atoms with Gasteiger partial charge in [0.25, 0.3) is 5.91 Å². The number of hydrogen-bond acceptors (Lipinski definition) is 5. The first-order chi connectivity index (χ1) is 15.6. The Labute approximate surface area is 214 Å². The number of aliphatic imine (C=N–C) groups is 1. The third kappa shape index (κ3) is 6.10. The van der Waals surface area contributed by atoms with Crippen LogP contribution in [-0.2, 0) is 19.7 Å². The molecule has 1 amide bonds. The number of amides is 1. The smallest absolute Gasteiger partial charge is 0.251 e. The number of halogens is 1. The molecule has 1 aromatic rings. The SMILES string of the molecule is CN=C(NCC1(c2ccc(OC)cc2)CCOCC1)N1CCN(C(=O)C2CCCO2)CC1.I. The molecule has 0 bridgehead atoms. The molecule has 8 nitrogen and oxygen atoms in total. The van der Waals surface area contributed by atoms with E-state index >= 15 is 0 Å². The third-order valence-electron chi connectivity index (χ3n) is 7.04. The predicted octanol–water partition coefficient (Wildman–Crippen LogP) is 2.26. The molecule has 9 heteroatoms. The van der Waals surface area contributed by atoms with E-state index in [4.69, 9.17) is 14.2 Å². The highest BCUT2D eigenvalue weighted by Gasteiger charge is 2.36. The summed E-state index contributed by atoms with van der Waals surface area (Å²) in [5.74, 6) is 1.91. The Morgan fingerprint density at radius 3 is 2.36 bits per heavy atom. The van der Waals surface area contributed by atoms with Crippen molar-refractivity contribution in [2.24, 2.45) is 4.99 Å². The molecule has 1 aromatic carbocycles. The summed E-state index contributed by atoms with van der Waals surface area (Å²) in [6.07, 6.45) is 3.52. The molecule has 3 fully saturated rings. The van der Waals surface area contributed by atoms with Crippen LogP contribution in [0.3, 0.4) is 0 Å². The van der Waals surface area contributed by atoms with Gasteiger partial charge in [0.15, 0.2) is 5.96 Å². The van der Waals surface area contributed by atoms with Crippen LogP contribution in [0.25, 0.3) is 0 Å². The zero-order valence-electron chi connectivity index (χ0n) is 19.8. The molecular formula is C24H37IN4O4. The lowest BCUT2D eigenvalue weighted by molar-refractivity contribution is -0.142. The highest BCUT2D eigenvalue weighted by Crippen LogP contribution is 2.35. The molecule has 1 unspecified atom stereocenters. The van der Waals surface area contributed by atoms with E-state index in [1.54, 1.807) is 7.11 Å². The molecule has 4 rings (SSSR count). The standard InChI is InChI=1S/C24H36N4O4.HI/c1-25-23(28-13-11-27(12-14-28)22(29)21-4-3-15-32-21)26-18-24(9-16-31-17-10-24)19-5-7-20(30-2)8-6-19;/h5-8,21H,3-4,9-18H2,1-2H3,(H,25,26);1H. The van der Waals surface area contributed by atoms with Crippen molar-refractivity contribution in [1.82, 2.24) is 15.1 Å². The molecule has 3 aliphatic heterocycles. The van der Waals surface area contributed by atoms with E-state index in [0.29, 0.717) is 19.7 Å². The van der Waals surface area contributed by atoms with Gasteiger partial charge in [0.1, 0.15) is 11.9 Å². The van der Waals surface area contributed by atoms with Crippen molar-refractivity contribution >= 4 is 35.8 Å². The number of rotatable bonds is 5. The normalized spacial score (nSPS) is 23.1. The second-order valence-electron chi connectivity index (χ2n) is 8.84. The van der Waals surface area contributed by atoms with E-state index in [9.17, 15) is 4.79 Å². The number of nitrogens with one attached hydrogen (secondary N) is 1. The number of carbonyl (C=O) groups excluding carboxylic acids is 1. The van der Waals surface area contributed by atoms with Crippen molar-refractivity contribution in [3.63, 3.8) is 0 Å². The van der Waals surface area contributed by atoms with Gasteiger partial charge in [-0.1, -0.05) is 12.1 Å². The Bertz CT molecular complexity index is 784. The van der Waals surface area contributed by atoms with Crippen LogP contribution in [0.2, 0.25) is 0 Å². The van der Waals surface area contributed by atoms with E-state index in [1.807, 2.05) is 24.1 Å². The van der Waals surface area contributed by atoms with Crippen LogP contribution in [-0.4, -0.2) is 94.5 Å². The van der Waals surface area contributed by atoms with Gasteiger partial charge in [0.05, 0.1) is 7.11 Å². The van der Waals surface area contributed by atoms with Crippen LogP contribution in [0, 0.1) is 0 Å². The number of nitrogens with zero attached hydrogens (tertiary/aromatic N) is 3. The number of hydrogen-bond donors (Lipinski definition) is 1. The van der Waals surface area contributed by atoms with E-state index < -0.39 is 0 Å². The van der Waals surface area contributed by atoms with Gasteiger partial charge >= 0.3 is 0 Å². The minimum atomic E-state index is -0.239. The number of piperazine rings is 1. The first-order valence-electron chi connectivity index (χ1n) is 11.7. The molecule has 1 N–H and O–H groups in total. The molecule has 3 saturated heterocycles. The molecular weight excluding hydrogens is 535 g/mol. The van der Waals surface area contributed by atoms with Gasteiger partial charge in [0, 0.05) is 65.0 Å². The van der Waals surface area contributed by atoms with Crippen molar-refractivity contribution < 1.29 is 19.0 Å². The Hall–Kier alpha value is -1.59. The van der Waals surface area contributed by atoms with Gasteiger partial charge in [-0.3, -0.25) is 9.79 Å². The maximum Gasteiger partial charge on any atom is 0.251 e. The minimum Gasteiger partial charge on any atom is -0.497 e. The first kappa shape index (κ1) is 26.0. The van der Waals surface area contributed by atoms with E-state index in [0.717, 1.165) is 70.2 Å². The fraction of sp³-hybridized carbons (Fsp3) is 0.667. The van der Waals surface area contributed by atoms with Crippen molar-refractivity contribution in [3.8, 4) is 5.75 Å². The monoisotopic (exact) mass is 572 g/mol. The zero-order chi connectivity index (χ0) is 22.4. The van der Waals surface area contributed by atoms with E-state index in [1.165, 1.54) is 5.56 Å². The van der Waals surface area contributed by atoms with Crippen LogP contribution in [0.5, 0.6) is 5.75 Å². The lowest BCUT2D eigenvalue weighted by Crippen LogP contribution is -2.56. The van der Waals surface area contributed by atoms with Gasteiger partial charge in [-0.2, -0.15) is 0 Å². The fourth-order valence-corrected chi connectivity index (χ4v) is 4.97. The average molecular weight is 572 g/mol. The highest BCUT2D eigenvalue weighted by molar-refractivity contribution is 14.0. The van der Waals surface area contributed by atoms with Crippen molar-refractivity contribution in [2.75, 3.05) is 66.7 Å². The van der Waals surface area contributed by atoms with Crippen molar-refractivity contribution in [1.29, 1.82) is 0 Å². The molecule has 0 radical (unpaired) electrons. The third-order valence-corrected chi connectivity index (χ3v) is 7.04. The summed E-state index contributed by atoms with van der Waals surface area (Å²) >= 11 is 0. The van der Waals surface area contributed by atoms with Gasteiger partial charge in [0.2, 0.25) is 0 Å². The predicted molar refractivity (Wildman–Crippen MR) is 139 cm³/mol. The fourth-order valence-electron chi connectivity index (χ4n) is 4.97.